The average Bonchev–Trinajstić information content (AvgIpc) is 2.49. The average molecular weight is 332 g/mol. The molecular weight excluding hydrogens is 309 g/mol. The molecule has 4 heterocycles. The summed E-state index contributed by atoms with van der Waals surface area (Å²) in [6, 6.07) is 0. The van der Waals surface area contributed by atoms with Crippen LogP contribution in [0.3, 0.4) is 0 Å². The van der Waals surface area contributed by atoms with Gasteiger partial charge < -0.3 is 9.64 Å². The van der Waals surface area contributed by atoms with Crippen LogP contribution in [0.2, 0.25) is 0 Å². The Morgan fingerprint density at radius 2 is 2.05 bits per heavy atom. The second-order valence-corrected chi connectivity index (χ2v) is 6.50. The minimum absolute atomic E-state index is 0. The van der Waals surface area contributed by atoms with Crippen molar-refractivity contribution in [1.29, 1.82) is 0 Å². The fourth-order valence-electron chi connectivity index (χ4n) is 3.30. The molecule has 0 N–H and O–H groups in total. The molecule has 21 heavy (non-hydrogen) atoms. The van der Waals surface area contributed by atoms with E-state index >= 15 is 0 Å². The molecule has 118 valence electrons. The molecule has 0 spiro atoms. The van der Waals surface area contributed by atoms with E-state index in [9.17, 15) is 0 Å². The third-order valence-corrected chi connectivity index (χ3v) is 5.09. The third-order valence-electron chi connectivity index (χ3n) is 4.48. The first-order valence-corrected chi connectivity index (χ1v) is 7.97. The van der Waals surface area contributed by atoms with Gasteiger partial charge in [0, 0.05) is 18.9 Å². The Labute approximate surface area is 137 Å². The summed E-state index contributed by atoms with van der Waals surface area (Å²) in [4.78, 5) is 10.9. The summed E-state index contributed by atoms with van der Waals surface area (Å²) in [5, 5.41) is 0. The Hall–Kier alpha value is -0.580. The summed E-state index contributed by atoms with van der Waals surface area (Å²) >= 11 is 6.99. The smallest absolute Gasteiger partial charge is 0.237 e. The normalized spacial score (nSPS) is 30.8. The Balaban J connectivity index is 0.00000161. The molecule has 4 nitrogen and oxygen atoms in total. The Morgan fingerprint density at radius 1 is 1.33 bits per heavy atom. The van der Waals surface area contributed by atoms with Crippen LogP contribution in [0.4, 0.5) is 0 Å². The van der Waals surface area contributed by atoms with E-state index in [1.807, 2.05) is 0 Å². The van der Waals surface area contributed by atoms with Gasteiger partial charge in [-0.3, -0.25) is 4.98 Å². The molecule has 1 atom stereocenters. The van der Waals surface area contributed by atoms with E-state index in [2.05, 4.69) is 21.8 Å². The third kappa shape index (κ3) is 3.27. The first-order chi connectivity index (χ1) is 9.74. The Morgan fingerprint density at radius 3 is 2.67 bits per heavy atom. The van der Waals surface area contributed by atoms with Crippen molar-refractivity contribution in [2.75, 3.05) is 26.2 Å². The largest absolute Gasteiger partial charge is 0.476 e. The maximum absolute atomic E-state index is 6.99. The van der Waals surface area contributed by atoms with Gasteiger partial charge in [0.05, 0.1) is 6.61 Å². The molecule has 0 aliphatic carbocycles. The number of alkyl halides is 1. The molecule has 2 bridgehead atoms. The number of unbranched alkanes of at least 4 members (excludes halogenated alkanes) is 1. The monoisotopic (exact) mass is 331 g/mol. The highest BCUT2D eigenvalue weighted by molar-refractivity contribution is 6.24. The number of nitrogens with zero attached hydrogens (tertiary/aromatic N) is 3. The highest BCUT2D eigenvalue weighted by atomic mass is 35.5. The van der Waals surface area contributed by atoms with Gasteiger partial charge in [0.1, 0.15) is 10.6 Å². The van der Waals surface area contributed by atoms with Crippen LogP contribution in [-0.2, 0) is 4.87 Å². The first kappa shape index (κ1) is 16.8. The number of aromatic nitrogens is 2. The van der Waals surface area contributed by atoms with Crippen LogP contribution in [-0.4, -0.2) is 41.1 Å². The predicted molar refractivity (Wildman–Crippen MR) is 86.4 cm³/mol. The van der Waals surface area contributed by atoms with Gasteiger partial charge in [0.15, 0.2) is 0 Å². The topological polar surface area (TPSA) is 38.3 Å². The maximum atomic E-state index is 6.99. The molecule has 0 saturated carbocycles. The molecule has 3 saturated heterocycles. The van der Waals surface area contributed by atoms with E-state index < -0.39 is 4.87 Å². The number of hydrogen-bond acceptors (Lipinski definition) is 4. The minimum Gasteiger partial charge on any atom is -0.476 e. The summed E-state index contributed by atoms with van der Waals surface area (Å²) in [5.41, 5.74) is 0.840. The second-order valence-electron chi connectivity index (χ2n) is 5.83. The van der Waals surface area contributed by atoms with Gasteiger partial charge in [-0.15, -0.1) is 24.0 Å². The number of fused-ring (bicyclic) bond motifs is 3. The van der Waals surface area contributed by atoms with Gasteiger partial charge in [-0.05, 0) is 38.3 Å². The van der Waals surface area contributed by atoms with E-state index in [-0.39, 0.29) is 12.4 Å². The zero-order chi connectivity index (χ0) is 14.0. The zero-order valence-corrected chi connectivity index (χ0v) is 14.0. The van der Waals surface area contributed by atoms with Crippen molar-refractivity contribution in [2.24, 2.45) is 5.92 Å². The van der Waals surface area contributed by atoms with Crippen LogP contribution in [0.1, 0.15) is 38.3 Å². The van der Waals surface area contributed by atoms with Gasteiger partial charge in [-0.1, -0.05) is 13.3 Å². The van der Waals surface area contributed by atoms with Crippen molar-refractivity contribution in [3.05, 3.63) is 18.1 Å². The van der Waals surface area contributed by atoms with Crippen molar-refractivity contribution in [3.8, 4) is 5.88 Å². The quantitative estimate of drug-likeness (QED) is 0.613. The standard InChI is InChI=1S/C15H22ClN3O.ClH/c1-2-3-10-20-14-13(17-6-7-18-14)15(16)11-19-8-4-12(15)5-9-19;/h6-7,12H,2-5,8-11H2,1H3;1H. The lowest BCUT2D eigenvalue weighted by Crippen LogP contribution is -2.54. The molecule has 3 aliphatic rings. The summed E-state index contributed by atoms with van der Waals surface area (Å²) < 4.78 is 5.83. The lowest BCUT2D eigenvalue weighted by atomic mass is 9.76. The van der Waals surface area contributed by atoms with Crippen LogP contribution in [0.25, 0.3) is 0 Å². The maximum Gasteiger partial charge on any atom is 0.237 e. The summed E-state index contributed by atoms with van der Waals surface area (Å²) in [5.74, 6) is 1.11. The first-order valence-electron chi connectivity index (χ1n) is 7.59. The molecule has 3 fully saturated rings. The number of piperidine rings is 3. The number of rotatable bonds is 5. The minimum atomic E-state index is -0.424. The molecule has 0 radical (unpaired) electrons. The molecule has 4 rings (SSSR count). The number of ether oxygens (including phenoxy) is 1. The lowest BCUT2D eigenvalue weighted by molar-refractivity contribution is 0.0625. The van der Waals surface area contributed by atoms with Crippen LogP contribution in [0, 0.1) is 5.92 Å². The van der Waals surface area contributed by atoms with Crippen molar-refractivity contribution >= 4 is 24.0 Å². The molecule has 1 aromatic heterocycles. The van der Waals surface area contributed by atoms with Crippen LogP contribution in [0.15, 0.2) is 12.4 Å². The fraction of sp³-hybridized carbons (Fsp3) is 0.733. The van der Waals surface area contributed by atoms with E-state index in [1.165, 1.54) is 0 Å². The Bertz CT molecular complexity index is 466. The van der Waals surface area contributed by atoms with E-state index in [1.54, 1.807) is 12.4 Å². The van der Waals surface area contributed by atoms with Gasteiger partial charge >= 0.3 is 0 Å². The molecule has 1 unspecified atom stereocenters. The molecule has 0 aromatic carbocycles. The van der Waals surface area contributed by atoms with Crippen molar-refractivity contribution in [3.63, 3.8) is 0 Å². The zero-order valence-electron chi connectivity index (χ0n) is 12.4. The molecule has 0 amide bonds. The molecule has 6 heteroatoms. The molecular formula is C15H23Cl2N3O. The van der Waals surface area contributed by atoms with E-state index in [0.29, 0.717) is 18.4 Å². The van der Waals surface area contributed by atoms with E-state index in [4.69, 9.17) is 16.3 Å². The predicted octanol–water partition coefficient (Wildman–Crippen LogP) is 3.24. The van der Waals surface area contributed by atoms with Crippen LogP contribution >= 0.6 is 24.0 Å². The van der Waals surface area contributed by atoms with Gasteiger partial charge in [-0.25, -0.2) is 4.98 Å². The van der Waals surface area contributed by atoms with Gasteiger partial charge in [-0.2, -0.15) is 0 Å². The van der Waals surface area contributed by atoms with E-state index in [0.717, 1.165) is 51.0 Å². The van der Waals surface area contributed by atoms with Gasteiger partial charge in [0.2, 0.25) is 5.88 Å². The second kappa shape index (κ2) is 7.12. The summed E-state index contributed by atoms with van der Waals surface area (Å²) in [6.07, 6.45) is 7.85. The van der Waals surface area contributed by atoms with Crippen molar-refractivity contribution in [2.45, 2.75) is 37.5 Å². The Kier molecular flexibility index (Phi) is 5.69. The van der Waals surface area contributed by atoms with Gasteiger partial charge in [0.25, 0.3) is 0 Å². The van der Waals surface area contributed by atoms with Crippen LogP contribution < -0.4 is 4.74 Å². The fourth-order valence-corrected chi connectivity index (χ4v) is 3.82. The number of halogens is 2. The lowest BCUT2D eigenvalue weighted by Gasteiger charge is -2.49. The summed E-state index contributed by atoms with van der Waals surface area (Å²) in [7, 11) is 0. The molecule has 1 aromatic rings. The van der Waals surface area contributed by atoms with Crippen molar-refractivity contribution in [1.82, 2.24) is 14.9 Å². The van der Waals surface area contributed by atoms with Crippen molar-refractivity contribution < 1.29 is 4.74 Å². The molecule has 3 aliphatic heterocycles. The number of hydrogen-bond donors (Lipinski definition) is 0. The van der Waals surface area contributed by atoms with Crippen LogP contribution in [0.5, 0.6) is 5.88 Å². The summed E-state index contributed by atoms with van der Waals surface area (Å²) in [6.45, 7) is 6.01. The SMILES string of the molecule is CCCCOc1nccnc1C1(Cl)CN2CCC1CC2.Cl. The highest BCUT2D eigenvalue weighted by Gasteiger charge is 2.49. The highest BCUT2D eigenvalue weighted by Crippen LogP contribution is 2.48.